The van der Waals surface area contributed by atoms with E-state index in [1.165, 1.54) is 6.07 Å². The molecule has 1 amide bonds. The Bertz CT molecular complexity index is 959. The van der Waals surface area contributed by atoms with Crippen molar-refractivity contribution in [2.24, 2.45) is 0 Å². The minimum Gasteiger partial charge on any atom is -0.390 e. The average molecular weight is 348 g/mol. The normalized spacial score (nSPS) is 18.4. The van der Waals surface area contributed by atoms with E-state index in [0.717, 1.165) is 11.1 Å². The summed E-state index contributed by atoms with van der Waals surface area (Å²) in [5.74, 6) is -0.887. The van der Waals surface area contributed by atoms with Gasteiger partial charge in [-0.05, 0) is 41.0 Å². The summed E-state index contributed by atoms with van der Waals surface area (Å²) in [5.41, 5.74) is 3.25. The van der Waals surface area contributed by atoms with Gasteiger partial charge in [0, 0.05) is 29.9 Å². The zero-order valence-electron chi connectivity index (χ0n) is 13.9. The summed E-state index contributed by atoms with van der Waals surface area (Å²) in [6, 6.07) is 14.9. The molecule has 0 saturated heterocycles. The van der Waals surface area contributed by atoms with Gasteiger partial charge in [0.1, 0.15) is 5.82 Å². The standard InChI is InChI=1S/C21H17FN2O2/c22-18-11-15(5-6-16(18)13-7-9-23-10-8-13)21(26)24-20-17-4-2-1-3-14(17)12-19(20)25/h1-11,19-20,25H,12H2,(H,24,26)/t19-,20-/m1/s1. The molecule has 2 atom stereocenters. The Balaban J connectivity index is 1.57. The van der Waals surface area contributed by atoms with E-state index in [-0.39, 0.29) is 5.56 Å². The molecule has 5 heteroatoms. The summed E-state index contributed by atoms with van der Waals surface area (Å²) in [6.45, 7) is 0. The van der Waals surface area contributed by atoms with Crippen LogP contribution in [0.2, 0.25) is 0 Å². The predicted molar refractivity (Wildman–Crippen MR) is 96.0 cm³/mol. The second kappa shape index (κ2) is 6.69. The maximum Gasteiger partial charge on any atom is 0.251 e. The highest BCUT2D eigenvalue weighted by molar-refractivity contribution is 5.95. The van der Waals surface area contributed by atoms with Crippen LogP contribution >= 0.6 is 0 Å². The lowest BCUT2D eigenvalue weighted by molar-refractivity contribution is 0.0858. The quantitative estimate of drug-likeness (QED) is 0.764. The van der Waals surface area contributed by atoms with Gasteiger partial charge in [-0.2, -0.15) is 0 Å². The highest BCUT2D eigenvalue weighted by Gasteiger charge is 2.32. The van der Waals surface area contributed by atoms with Crippen LogP contribution in [0, 0.1) is 5.82 Å². The fraction of sp³-hybridized carbons (Fsp3) is 0.143. The van der Waals surface area contributed by atoms with E-state index in [0.29, 0.717) is 17.5 Å². The van der Waals surface area contributed by atoms with Crippen LogP contribution in [0.4, 0.5) is 4.39 Å². The maximum absolute atomic E-state index is 14.5. The van der Waals surface area contributed by atoms with Gasteiger partial charge in [-0.3, -0.25) is 9.78 Å². The van der Waals surface area contributed by atoms with Crippen LogP contribution in [0.5, 0.6) is 0 Å². The molecular formula is C21H17FN2O2. The molecule has 3 aromatic rings. The van der Waals surface area contributed by atoms with Crippen LogP contribution in [0.15, 0.2) is 67.0 Å². The fourth-order valence-corrected chi connectivity index (χ4v) is 3.39. The van der Waals surface area contributed by atoms with Crippen molar-refractivity contribution in [1.82, 2.24) is 10.3 Å². The molecule has 0 fully saturated rings. The summed E-state index contributed by atoms with van der Waals surface area (Å²) in [5, 5.41) is 13.1. The first kappa shape index (κ1) is 16.4. The lowest BCUT2D eigenvalue weighted by atomic mass is 10.0. The number of fused-ring (bicyclic) bond motifs is 1. The minimum atomic E-state index is -0.683. The Morgan fingerprint density at radius 3 is 2.65 bits per heavy atom. The van der Waals surface area contributed by atoms with Crippen molar-refractivity contribution < 1.29 is 14.3 Å². The first-order chi connectivity index (χ1) is 12.6. The van der Waals surface area contributed by atoms with Crippen molar-refractivity contribution in [3.8, 4) is 11.1 Å². The zero-order valence-corrected chi connectivity index (χ0v) is 13.9. The fourth-order valence-electron chi connectivity index (χ4n) is 3.39. The second-order valence-electron chi connectivity index (χ2n) is 6.35. The summed E-state index contributed by atoms with van der Waals surface area (Å²) < 4.78 is 14.5. The number of carbonyl (C=O) groups is 1. The van der Waals surface area contributed by atoms with Crippen LogP contribution in [0.25, 0.3) is 11.1 Å². The molecule has 0 radical (unpaired) electrons. The monoisotopic (exact) mass is 348 g/mol. The van der Waals surface area contributed by atoms with Crippen molar-refractivity contribution in [3.63, 3.8) is 0 Å². The van der Waals surface area contributed by atoms with Gasteiger partial charge in [0.15, 0.2) is 0 Å². The van der Waals surface area contributed by atoms with Gasteiger partial charge in [-0.15, -0.1) is 0 Å². The summed E-state index contributed by atoms with van der Waals surface area (Å²) in [6.07, 6.45) is 3.00. The highest BCUT2D eigenvalue weighted by Crippen LogP contribution is 2.31. The number of aromatic nitrogens is 1. The minimum absolute atomic E-state index is 0.219. The van der Waals surface area contributed by atoms with Crippen LogP contribution < -0.4 is 5.32 Å². The van der Waals surface area contributed by atoms with Crippen molar-refractivity contribution in [2.75, 3.05) is 0 Å². The summed E-state index contributed by atoms with van der Waals surface area (Å²) in [4.78, 5) is 16.5. The number of hydrogen-bond acceptors (Lipinski definition) is 3. The van der Waals surface area contributed by atoms with Gasteiger partial charge in [-0.1, -0.05) is 30.3 Å². The van der Waals surface area contributed by atoms with Crippen LogP contribution in [-0.2, 0) is 6.42 Å². The van der Waals surface area contributed by atoms with E-state index in [9.17, 15) is 14.3 Å². The molecule has 2 aromatic carbocycles. The average Bonchev–Trinajstić information content (AvgIpc) is 2.98. The maximum atomic E-state index is 14.5. The largest absolute Gasteiger partial charge is 0.390 e. The molecule has 26 heavy (non-hydrogen) atoms. The lowest BCUT2D eigenvalue weighted by Gasteiger charge is -2.18. The molecule has 0 aliphatic heterocycles. The lowest BCUT2D eigenvalue weighted by Crippen LogP contribution is -2.33. The molecule has 1 aliphatic rings. The molecule has 2 N–H and O–H groups in total. The zero-order chi connectivity index (χ0) is 18.1. The Kier molecular flexibility index (Phi) is 4.22. The van der Waals surface area contributed by atoms with Crippen LogP contribution in [-0.4, -0.2) is 22.1 Å². The van der Waals surface area contributed by atoms with E-state index < -0.39 is 23.9 Å². The van der Waals surface area contributed by atoms with Crippen molar-refractivity contribution in [2.45, 2.75) is 18.6 Å². The molecule has 130 valence electrons. The van der Waals surface area contributed by atoms with Crippen molar-refractivity contribution in [1.29, 1.82) is 0 Å². The van der Waals surface area contributed by atoms with Crippen molar-refractivity contribution >= 4 is 5.91 Å². The predicted octanol–water partition coefficient (Wildman–Crippen LogP) is 3.28. The molecule has 1 aromatic heterocycles. The molecule has 0 unspecified atom stereocenters. The SMILES string of the molecule is O=C(N[C@@H]1c2ccccc2C[C@H]1O)c1ccc(-c2ccncc2)c(F)c1. The van der Waals surface area contributed by atoms with Crippen LogP contribution in [0.3, 0.4) is 0 Å². The Hall–Kier alpha value is -3.05. The van der Waals surface area contributed by atoms with E-state index in [4.69, 9.17) is 0 Å². The van der Waals surface area contributed by atoms with Gasteiger partial charge in [0.25, 0.3) is 5.91 Å². The Morgan fingerprint density at radius 1 is 1.12 bits per heavy atom. The smallest absolute Gasteiger partial charge is 0.251 e. The molecular weight excluding hydrogens is 331 g/mol. The Morgan fingerprint density at radius 2 is 1.88 bits per heavy atom. The number of halogens is 1. The van der Waals surface area contributed by atoms with E-state index in [2.05, 4.69) is 10.3 Å². The van der Waals surface area contributed by atoms with E-state index >= 15 is 0 Å². The topological polar surface area (TPSA) is 62.2 Å². The molecule has 0 saturated carbocycles. The van der Waals surface area contributed by atoms with Crippen molar-refractivity contribution in [3.05, 3.63) is 89.5 Å². The van der Waals surface area contributed by atoms with Gasteiger partial charge in [0.2, 0.25) is 0 Å². The third kappa shape index (κ3) is 2.97. The molecule has 0 spiro atoms. The first-order valence-corrected chi connectivity index (χ1v) is 8.40. The van der Waals surface area contributed by atoms with Gasteiger partial charge in [-0.25, -0.2) is 4.39 Å². The van der Waals surface area contributed by atoms with Crippen LogP contribution in [0.1, 0.15) is 27.5 Å². The number of nitrogens with one attached hydrogen (secondary N) is 1. The number of hydrogen-bond donors (Lipinski definition) is 2. The number of benzene rings is 2. The summed E-state index contributed by atoms with van der Waals surface area (Å²) in [7, 11) is 0. The number of nitrogens with zero attached hydrogens (tertiary/aromatic N) is 1. The highest BCUT2D eigenvalue weighted by atomic mass is 19.1. The second-order valence-corrected chi connectivity index (χ2v) is 6.35. The number of aliphatic hydroxyl groups excluding tert-OH is 1. The first-order valence-electron chi connectivity index (χ1n) is 8.40. The number of aliphatic hydroxyl groups is 1. The van der Waals surface area contributed by atoms with Gasteiger partial charge < -0.3 is 10.4 Å². The van der Waals surface area contributed by atoms with E-state index in [1.54, 1.807) is 36.7 Å². The molecule has 1 heterocycles. The number of carbonyl (C=O) groups excluding carboxylic acids is 1. The number of amides is 1. The van der Waals surface area contributed by atoms with Gasteiger partial charge in [0.05, 0.1) is 12.1 Å². The number of rotatable bonds is 3. The van der Waals surface area contributed by atoms with E-state index in [1.807, 2.05) is 24.3 Å². The summed E-state index contributed by atoms with van der Waals surface area (Å²) >= 11 is 0. The Labute approximate surface area is 150 Å². The number of pyridine rings is 1. The molecule has 4 rings (SSSR count). The molecule has 4 nitrogen and oxygen atoms in total. The third-order valence-corrected chi connectivity index (χ3v) is 4.71. The molecule has 1 aliphatic carbocycles. The third-order valence-electron chi connectivity index (χ3n) is 4.71. The molecule has 0 bridgehead atoms. The van der Waals surface area contributed by atoms with Gasteiger partial charge >= 0.3 is 0 Å².